The maximum absolute atomic E-state index is 12.3. The van der Waals surface area contributed by atoms with Crippen molar-refractivity contribution in [2.45, 2.75) is 22.3 Å². The van der Waals surface area contributed by atoms with Gasteiger partial charge in [-0.3, -0.25) is 0 Å². The summed E-state index contributed by atoms with van der Waals surface area (Å²) < 4.78 is 53.9. The largest absolute Gasteiger partial charge is 0.317 e. The number of rotatable bonds is 10. The molecule has 2 rings (SSSR count). The highest BCUT2D eigenvalue weighted by Gasteiger charge is 2.20. The standard InChI is InChI=1S/C16H21N3O5S2/c20-17-13-14(19-26(23,24)16-9-5-2-6-10-16)11-12-18-25(21,22)15-7-3-1-4-8-15/h1-10,14,17-20H,11-13H2. The van der Waals surface area contributed by atoms with Gasteiger partial charge >= 0.3 is 0 Å². The third-order valence-corrected chi connectivity index (χ3v) is 6.56. The molecule has 2 aromatic rings. The number of hydrogen-bond acceptors (Lipinski definition) is 6. The van der Waals surface area contributed by atoms with E-state index >= 15 is 0 Å². The van der Waals surface area contributed by atoms with E-state index in [2.05, 4.69) is 9.44 Å². The highest BCUT2D eigenvalue weighted by Crippen LogP contribution is 2.10. The highest BCUT2D eigenvalue weighted by atomic mass is 32.2. The summed E-state index contributed by atoms with van der Waals surface area (Å²) in [7, 11) is -7.45. The van der Waals surface area contributed by atoms with E-state index in [0.29, 0.717) is 0 Å². The first-order chi connectivity index (χ1) is 12.3. The Labute approximate surface area is 153 Å². The third-order valence-electron chi connectivity index (χ3n) is 3.55. The molecule has 0 saturated carbocycles. The lowest BCUT2D eigenvalue weighted by molar-refractivity contribution is 0.157. The van der Waals surface area contributed by atoms with E-state index in [1.807, 2.05) is 5.48 Å². The summed E-state index contributed by atoms with van der Waals surface area (Å²) in [5.74, 6) is 0. The van der Waals surface area contributed by atoms with Crippen LogP contribution in [0.5, 0.6) is 0 Å². The molecule has 0 saturated heterocycles. The Balaban J connectivity index is 1.98. The lowest BCUT2D eigenvalue weighted by atomic mass is 10.2. The molecule has 0 radical (unpaired) electrons. The molecule has 1 unspecified atom stereocenters. The molecule has 0 aromatic heterocycles. The van der Waals surface area contributed by atoms with Crippen LogP contribution in [0.15, 0.2) is 70.5 Å². The lowest BCUT2D eigenvalue weighted by Gasteiger charge is -2.18. The molecule has 0 heterocycles. The van der Waals surface area contributed by atoms with E-state index in [1.54, 1.807) is 36.4 Å². The van der Waals surface area contributed by atoms with E-state index in [-0.39, 0.29) is 29.3 Å². The summed E-state index contributed by atoms with van der Waals surface area (Å²) in [6.45, 7) is -0.0694. The Morgan fingerprint density at radius 1 is 0.808 bits per heavy atom. The molecule has 1 atom stereocenters. The van der Waals surface area contributed by atoms with Crippen molar-refractivity contribution < 1.29 is 22.0 Å². The molecule has 4 N–H and O–H groups in total. The number of benzene rings is 2. The van der Waals surface area contributed by atoms with Crippen molar-refractivity contribution in [2.75, 3.05) is 13.1 Å². The van der Waals surface area contributed by atoms with Crippen molar-refractivity contribution in [1.29, 1.82) is 0 Å². The van der Waals surface area contributed by atoms with E-state index in [9.17, 15) is 16.8 Å². The molecule has 142 valence electrons. The molecule has 2 aromatic carbocycles. The fraction of sp³-hybridized carbons (Fsp3) is 0.250. The second kappa shape index (κ2) is 9.21. The number of hydroxylamine groups is 1. The molecular weight excluding hydrogens is 378 g/mol. The lowest BCUT2D eigenvalue weighted by Crippen LogP contribution is -2.43. The predicted molar refractivity (Wildman–Crippen MR) is 96.6 cm³/mol. The molecule has 0 amide bonds. The first kappa shape index (κ1) is 20.5. The van der Waals surface area contributed by atoms with Gasteiger partial charge in [0.15, 0.2) is 0 Å². The second-order valence-corrected chi connectivity index (χ2v) is 8.97. The zero-order chi connectivity index (χ0) is 19.0. The Hall–Kier alpha value is -1.82. The van der Waals surface area contributed by atoms with Crippen LogP contribution in [-0.2, 0) is 20.0 Å². The van der Waals surface area contributed by atoms with Crippen molar-refractivity contribution >= 4 is 20.0 Å². The van der Waals surface area contributed by atoms with Gasteiger partial charge in [0.05, 0.1) is 9.79 Å². The molecule has 26 heavy (non-hydrogen) atoms. The highest BCUT2D eigenvalue weighted by molar-refractivity contribution is 7.89. The fourth-order valence-corrected chi connectivity index (χ4v) is 4.61. The number of hydrogen-bond donors (Lipinski definition) is 4. The van der Waals surface area contributed by atoms with Crippen LogP contribution >= 0.6 is 0 Å². The van der Waals surface area contributed by atoms with E-state index < -0.39 is 26.1 Å². The maximum atomic E-state index is 12.3. The monoisotopic (exact) mass is 399 g/mol. The quantitative estimate of drug-likeness (QED) is 0.436. The van der Waals surface area contributed by atoms with Crippen LogP contribution in [0.2, 0.25) is 0 Å². The van der Waals surface area contributed by atoms with E-state index in [4.69, 9.17) is 5.21 Å². The predicted octanol–water partition coefficient (Wildman–Crippen LogP) is 0.681. The van der Waals surface area contributed by atoms with Crippen LogP contribution in [0, 0.1) is 0 Å². The van der Waals surface area contributed by atoms with Crippen molar-refractivity contribution in [3.05, 3.63) is 60.7 Å². The van der Waals surface area contributed by atoms with Crippen molar-refractivity contribution in [3.8, 4) is 0 Å². The molecule has 0 bridgehead atoms. The summed E-state index contributed by atoms with van der Waals surface area (Å²) in [6, 6.07) is 15.0. The molecular formula is C16H21N3O5S2. The number of nitrogens with one attached hydrogen (secondary N) is 3. The zero-order valence-electron chi connectivity index (χ0n) is 13.9. The molecule has 0 aliphatic rings. The number of sulfonamides is 2. The molecule has 0 aliphatic heterocycles. The van der Waals surface area contributed by atoms with Gasteiger partial charge in [0.25, 0.3) is 0 Å². The Morgan fingerprint density at radius 3 is 1.81 bits per heavy atom. The van der Waals surface area contributed by atoms with Crippen molar-refractivity contribution in [1.82, 2.24) is 14.9 Å². The first-order valence-electron chi connectivity index (χ1n) is 7.84. The van der Waals surface area contributed by atoms with Gasteiger partial charge in [0.1, 0.15) is 0 Å². The van der Waals surface area contributed by atoms with Crippen molar-refractivity contribution in [3.63, 3.8) is 0 Å². The molecule has 0 spiro atoms. The smallest absolute Gasteiger partial charge is 0.240 e. The third kappa shape index (κ3) is 5.87. The Bertz CT molecular complexity index is 888. The molecule has 0 fully saturated rings. The minimum Gasteiger partial charge on any atom is -0.317 e. The minimum atomic E-state index is -3.78. The van der Waals surface area contributed by atoms with E-state index in [1.165, 1.54) is 24.3 Å². The van der Waals surface area contributed by atoms with Crippen LogP contribution in [0.1, 0.15) is 6.42 Å². The van der Waals surface area contributed by atoms with Crippen LogP contribution in [0.25, 0.3) is 0 Å². The van der Waals surface area contributed by atoms with Crippen molar-refractivity contribution in [2.24, 2.45) is 0 Å². The molecule has 10 heteroatoms. The summed E-state index contributed by atoms with van der Waals surface area (Å²) in [6.07, 6.45) is 0.145. The molecule has 8 nitrogen and oxygen atoms in total. The van der Waals surface area contributed by atoms with Gasteiger partial charge in [0, 0.05) is 19.1 Å². The maximum Gasteiger partial charge on any atom is 0.240 e. The zero-order valence-corrected chi connectivity index (χ0v) is 15.5. The van der Waals surface area contributed by atoms with Crippen LogP contribution in [-0.4, -0.2) is 41.2 Å². The average Bonchev–Trinajstić information content (AvgIpc) is 2.63. The van der Waals surface area contributed by atoms with Crippen LogP contribution in [0.4, 0.5) is 0 Å². The fourth-order valence-electron chi connectivity index (χ4n) is 2.25. The van der Waals surface area contributed by atoms with Crippen LogP contribution < -0.4 is 14.9 Å². The van der Waals surface area contributed by atoms with Gasteiger partial charge in [0.2, 0.25) is 20.0 Å². The topological polar surface area (TPSA) is 125 Å². The Morgan fingerprint density at radius 2 is 1.31 bits per heavy atom. The normalized spacial score (nSPS) is 13.4. The Kier molecular flexibility index (Phi) is 7.26. The molecule has 0 aliphatic carbocycles. The summed E-state index contributed by atoms with van der Waals surface area (Å²) >= 11 is 0. The minimum absolute atomic E-state index is 0.000877. The van der Waals surface area contributed by atoms with Gasteiger partial charge in [-0.1, -0.05) is 36.4 Å². The van der Waals surface area contributed by atoms with Gasteiger partial charge in [-0.15, -0.1) is 0 Å². The average molecular weight is 399 g/mol. The van der Waals surface area contributed by atoms with Gasteiger partial charge in [-0.2, -0.15) is 0 Å². The first-order valence-corrected chi connectivity index (χ1v) is 10.8. The summed E-state index contributed by atoms with van der Waals surface area (Å²) in [5, 5.41) is 8.92. The van der Waals surface area contributed by atoms with Gasteiger partial charge in [-0.25, -0.2) is 31.8 Å². The van der Waals surface area contributed by atoms with Crippen LogP contribution in [0.3, 0.4) is 0 Å². The second-order valence-electron chi connectivity index (χ2n) is 5.49. The van der Waals surface area contributed by atoms with E-state index in [0.717, 1.165) is 0 Å². The van der Waals surface area contributed by atoms with Gasteiger partial charge in [-0.05, 0) is 30.7 Å². The SMILES string of the molecule is O=S(=O)(NCCC(CNO)NS(=O)(=O)c1ccccc1)c1ccccc1. The summed E-state index contributed by atoms with van der Waals surface area (Å²) in [4.78, 5) is 0.217. The summed E-state index contributed by atoms with van der Waals surface area (Å²) in [5.41, 5.74) is 1.92. The van der Waals surface area contributed by atoms with Gasteiger partial charge < -0.3 is 5.21 Å².